The largest absolute Gasteiger partial charge is 0.315 e. The Labute approximate surface area is 93.8 Å². The summed E-state index contributed by atoms with van der Waals surface area (Å²) in [6.45, 7) is 0. The molecule has 2 rings (SSSR count). The van der Waals surface area contributed by atoms with E-state index < -0.39 is 5.50 Å². The molecule has 0 spiro atoms. The van der Waals surface area contributed by atoms with Gasteiger partial charge >= 0.3 is 0 Å². The van der Waals surface area contributed by atoms with Crippen LogP contribution in [-0.2, 0) is 11.2 Å². The molecule has 0 fully saturated rings. The van der Waals surface area contributed by atoms with E-state index in [1.165, 1.54) is 0 Å². The van der Waals surface area contributed by atoms with Crippen molar-refractivity contribution >= 4 is 23.2 Å². The van der Waals surface area contributed by atoms with Crippen molar-refractivity contribution in [3.05, 3.63) is 29.3 Å². The quantitative estimate of drug-likeness (QED) is 0.584. The number of carbonyl (C=O) groups is 1. The van der Waals surface area contributed by atoms with Crippen molar-refractivity contribution in [2.75, 3.05) is 11.9 Å². The van der Waals surface area contributed by atoms with E-state index in [1.807, 2.05) is 18.2 Å². The normalized spacial score (nSPS) is 17.5. The van der Waals surface area contributed by atoms with Crippen molar-refractivity contribution in [2.45, 2.75) is 18.3 Å². The zero-order valence-corrected chi connectivity index (χ0v) is 9.29. The van der Waals surface area contributed by atoms with Gasteiger partial charge in [0, 0.05) is 19.2 Å². The Morgan fingerprint density at radius 3 is 2.87 bits per heavy atom. The summed E-state index contributed by atoms with van der Waals surface area (Å²) >= 11 is 5.81. The number of alkyl halides is 1. The van der Waals surface area contributed by atoms with Gasteiger partial charge in [0.15, 0.2) is 0 Å². The average molecular weight is 225 g/mol. The second-order valence-electron chi connectivity index (χ2n) is 3.74. The van der Waals surface area contributed by atoms with Crippen LogP contribution in [0.25, 0.3) is 0 Å². The summed E-state index contributed by atoms with van der Waals surface area (Å²) in [4.78, 5) is 13.1. The summed E-state index contributed by atoms with van der Waals surface area (Å²) in [7, 11) is 1.79. The van der Waals surface area contributed by atoms with E-state index in [-0.39, 0.29) is 5.91 Å². The van der Waals surface area contributed by atoms with Gasteiger partial charge in [-0.3, -0.25) is 4.79 Å². The van der Waals surface area contributed by atoms with Gasteiger partial charge in [-0.15, -0.1) is 11.6 Å². The number of nitrogens with two attached hydrogens (primary N) is 1. The highest BCUT2D eigenvalue weighted by molar-refractivity contribution is 6.20. The van der Waals surface area contributed by atoms with Crippen LogP contribution in [0.2, 0.25) is 0 Å². The lowest BCUT2D eigenvalue weighted by molar-refractivity contribution is -0.118. The van der Waals surface area contributed by atoms with Crippen LogP contribution in [-0.4, -0.2) is 13.0 Å². The summed E-state index contributed by atoms with van der Waals surface area (Å²) in [5, 5.41) is 0. The first-order chi connectivity index (χ1) is 7.09. The molecule has 4 heteroatoms. The van der Waals surface area contributed by atoms with Crippen molar-refractivity contribution in [1.29, 1.82) is 0 Å². The van der Waals surface area contributed by atoms with E-state index in [0.717, 1.165) is 23.2 Å². The number of hydrogen-bond acceptors (Lipinski definition) is 2. The molecule has 1 aliphatic heterocycles. The number of fused-ring (bicyclic) bond motifs is 1. The zero-order chi connectivity index (χ0) is 11.0. The lowest BCUT2D eigenvalue weighted by atomic mass is 9.99. The number of halogens is 1. The summed E-state index contributed by atoms with van der Waals surface area (Å²) in [5.41, 5.74) is 8.13. The van der Waals surface area contributed by atoms with Gasteiger partial charge in [0.25, 0.3) is 0 Å². The monoisotopic (exact) mass is 224 g/mol. The van der Waals surface area contributed by atoms with Crippen LogP contribution in [0.3, 0.4) is 0 Å². The molecule has 1 aliphatic rings. The van der Waals surface area contributed by atoms with Gasteiger partial charge in [-0.2, -0.15) is 0 Å². The van der Waals surface area contributed by atoms with Crippen molar-refractivity contribution in [2.24, 2.45) is 5.73 Å². The molecule has 0 bridgehead atoms. The number of nitrogens with zero attached hydrogens (tertiary/aromatic N) is 1. The molecule has 2 N–H and O–H groups in total. The lowest BCUT2D eigenvalue weighted by Gasteiger charge is -2.26. The van der Waals surface area contributed by atoms with Crippen LogP contribution < -0.4 is 10.6 Å². The fourth-order valence-corrected chi connectivity index (χ4v) is 1.98. The van der Waals surface area contributed by atoms with Crippen LogP contribution in [0.15, 0.2) is 18.2 Å². The Balaban J connectivity index is 2.42. The van der Waals surface area contributed by atoms with Gasteiger partial charge in [-0.05, 0) is 23.6 Å². The van der Waals surface area contributed by atoms with Gasteiger partial charge in [-0.1, -0.05) is 12.1 Å². The Bertz CT molecular complexity index is 404. The highest BCUT2D eigenvalue weighted by atomic mass is 35.5. The molecule has 1 aromatic carbocycles. The summed E-state index contributed by atoms with van der Waals surface area (Å²) in [6.07, 6.45) is 1.33. The predicted molar refractivity (Wildman–Crippen MR) is 61.0 cm³/mol. The molecule has 0 aromatic heterocycles. The number of aryl methyl sites for hydroxylation is 1. The van der Waals surface area contributed by atoms with E-state index in [2.05, 4.69) is 0 Å². The third-order valence-electron chi connectivity index (χ3n) is 2.77. The number of hydrogen-bond donors (Lipinski definition) is 1. The van der Waals surface area contributed by atoms with E-state index >= 15 is 0 Å². The summed E-state index contributed by atoms with van der Waals surface area (Å²) in [6, 6.07) is 5.76. The number of rotatable bonds is 1. The molecule has 1 amide bonds. The average Bonchev–Trinajstić information content (AvgIpc) is 2.23. The summed E-state index contributed by atoms with van der Waals surface area (Å²) in [5.74, 6) is 0.158. The van der Waals surface area contributed by atoms with Crippen molar-refractivity contribution in [3.63, 3.8) is 0 Å². The molecule has 0 aliphatic carbocycles. The third-order valence-corrected chi connectivity index (χ3v) is 3.02. The van der Waals surface area contributed by atoms with Gasteiger partial charge in [0.1, 0.15) is 5.50 Å². The van der Waals surface area contributed by atoms with Crippen molar-refractivity contribution in [3.8, 4) is 0 Å². The maximum absolute atomic E-state index is 11.5. The van der Waals surface area contributed by atoms with Crippen LogP contribution in [0.5, 0.6) is 0 Å². The van der Waals surface area contributed by atoms with Gasteiger partial charge < -0.3 is 10.6 Å². The molecular formula is C11H13ClN2O. The predicted octanol–water partition coefficient (Wildman–Crippen LogP) is 1.79. The highest BCUT2D eigenvalue weighted by Gasteiger charge is 2.21. The Morgan fingerprint density at radius 1 is 1.47 bits per heavy atom. The first-order valence-corrected chi connectivity index (χ1v) is 5.32. The maximum atomic E-state index is 11.5. The Morgan fingerprint density at radius 2 is 2.20 bits per heavy atom. The molecule has 1 atom stereocenters. The van der Waals surface area contributed by atoms with E-state index in [1.54, 1.807) is 11.9 Å². The number of anilines is 1. The first kappa shape index (κ1) is 10.5. The molecule has 1 aromatic rings. The number of benzene rings is 1. The van der Waals surface area contributed by atoms with E-state index in [0.29, 0.717) is 6.42 Å². The first-order valence-electron chi connectivity index (χ1n) is 4.88. The fourth-order valence-electron chi connectivity index (χ4n) is 1.85. The van der Waals surface area contributed by atoms with Gasteiger partial charge in [0.05, 0.1) is 0 Å². The maximum Gasteiger partial charge on any atom is 0.227 e. The second kappa shape index (κ2) is 3.83. The Hall–Kier alpha value is -1.06. The molecule has 80 valence electrons. The number of carbonyl (C=O) groups excluding carboxylic acids is 1. The van der Waals surface area contributed by atoms with Gasteiger partial charge in [0.2, 0.25) is 5.91 Å². The fraction of sp³-hybridized carbons (Fsp3) is 0.364. The summed E-state index contributed by atoms with van der Waals surface area (Å²) < 4.78 is 0. The molecule has 1 heterocycles. The van der Waals surface area contributed by atoms with Gasteiger partial charge in [-0.25, -0.2) is 0 Å². The van der Waals surface area contributed by atoms with Crippen molar-refractivity contribution in [1.82, 2.24) is 0 Å². The molecule has 1 unspecified atom stereocenters. The van der Waals surface area contributed by atoms with Crippen LogP contribution in [0.4, 0.5) is 5.69 Å². The number of amides is 1. The van der Waals surface area contributed by atoms with Crippen molar-refractivity contribution < 1.29 is 4.79 Å². The standard InChI is InChI=1S/C11H13ClN2O/c1-14-9-4-2-8(11(12)13)6-7(9)3-5-10(14)15/h2,4,6,11H,3,5,13H2,1H3. The highest BCUT2D eigenvalue weighted by Crippen LogP contribution is 2.29. The lowest BCUT2D eigenvalue weighted by Crippen LogP contribution is -2.31. The molecule has 0 saturated heterocycles. The molecule has 15 heavy (non-hydrogen) atoms. The molecule has 3 nitrogen and oxygen atoms in total. The van der Waals surface area contributed by atoms with E-state index in [9.17, 15) is 4.79 Å². The van der Waals surface area contributed by atoms with Crippen LogP contribution in [0.1, 0.15) is 23.0 Å². The zero-order valence-electron chi connectivity index (χ0n) is 8.53. The topological polar surface area (TPSA) is 46.3 Å². The third kappa shape index (κ3) is 1.85. The molecule has 0 radical (unpaired) electrons. The minimum atomic E-state index is -0.474. The van der Waals surface area contributed by atoms with E-state index in [4.69, 9.17) is 17.3 Å². The minimum Gasteiger partial charge on any atom is -0.315 e. The smallest absolute Gasteiger partial charge is 0.227 e. The van der Waals surface area contributed by atoms with Crippen LogP contribution in [0, 0.1) is 0 Å². The van der Waals surface area contributed by atoms with Crippen LogP contribution >= 0.6 is 11.6 Å². The minimum absolute atomic E-state index is 0.158. The SMILES string of the molecule is CN1C(=O)CCc2cc(C(N)Cl)ccc21. The molecular weight excluding hydrogens is 212 g/mol. The molecule has 0 saturated carbocycles. The Kier molecular flexibility index (Phi) is 2.67. The second-order valence-corrected chi connectivity index (χ2v) is 4.21.